The first kappa shape index (κ1) is 15.8. The van der Waals surface area contributed by atoms with E-state index in [9.17, 15) is 0 Å². The average Bonchev–Trinajstić information content (AvgIpc) is 3.10. The number of nitrogens with zero attached hydrogens (tertiary/aromatic N) is 3. The molecule has 0 aromatic carbocycles. The van der Waals surface area contributed by atoms with E-state index in [0.29, 0.717) is 5.89 Å². The van der Waals surface area contributed by atoms with Crippen molar-refractivity contribution in [1.82, 2.24) is 15.0 Å². The first-order chi connectivity index (χ1) is 10.2. The van der Waals surface area contributed by atoms with Crippen molar-refractivity contribution in [2.24, 2.45) is 5.73 Å². The van der Waals surface area contributed by atoms with E-state index >= 15 is 0 Å². The van der Waals surface area contributed by atoms with Crippen LogP contribution in [0.5, 0.6) is 0 Å². The van der Waals surface area contributed by atoms with Crippen molar-refractivity contribution in [3.05, 3.63) is 11.7 Å². The number of hydrogen-bond acceptors (Lipinski definition) is 4. The molecule has 2 heterocycles. The number of hydrogen-bond donors (Lipinski definition) is 2. The minimum atomic E-state index is -0.00620. The maximum atomic E-state index is 7.58. The lowest BCUT2D eigenvalue weighted by Crippen LogP contribution is -2.35. The summed E-state index contributed by atoms with van der Waals surface area (Å²) in [6, 6.07) is -0.00620. The second-order valence-electron chi connectivity index (χ2n) is 5.80. The highest BCUT2D eigenvalue weighted by molar-refractivity contribution is 5.75. The van der Waals surface area contributed by atoms with Crippen LogP contribution in [0.25, 0.3) is 0 Å². The number of aryl methyl sites for hydroxylation is 1. The fourth-order valence-electron chi connectivity index (χ4n) is 2.88. The highest BCUT2D eigenvalue weighted by atomic mass is 16.5. The Balaban J connectivity index is 1.77. The molecule has 1 aromatic rings. The molecule has 21 heavy (non-hydrogen) atoms. The normalized spacial score (nSPS) is 18.3. The van der Waals surface area contributed by atoms with Crippen LogP contribution in [0.1, 0.15) is 76.0 Å². The van der Waals surface area contributed by atoms with Crippen LogP contribution < -0.4 is 5.73 Å². The summed E-state index contributed by atoms with van der Waals surface area (Å²) in [5.74, 6) is 1.49. The van der Waals surface area contributed by atoms with Gasteiger partial charge in [-0.05, 0) is 19.3 Å². The number of aromatic nitrogens is 2. The van der Waals surface area contributed by atoms with Gasteiger partial charge in [-0.15, -0.1) is 0 Å². The Morgan fingerprint density at radius 1 is 1.33 bits per heavy atom. The number of nitrogens with two attached hydrogens (primary N) is 1. The third kappa shape index (κ3) is 4.44. The molecule has 0 spiro atoms. The topological polar surface area (TPSA) is 92.0 Å². The van der Waals surface area contributed by atoms with E-state index in [2.05, 4.69) is 17.1 Å². The zero-order chi connectivity index (χ0) is 15.1. The fourth-order valence-corrected chi connectivity index (χ4v) is 2.88. The Labute approximate surface area is 126 Å². The predicted octanol–water partition coefficient (Wildman–Crippen LogP) is 3.00. The van der Waals surface area contributed by atoms with Crippen LogP contribution in [-0.4, -0.2) is 27.5 Å². The molecule has 0 saturated carbocycles. The van der Waals surface area contributed by atoms with Crippen molar-refractivity contribution in [3.8, 4) is 0 Å². The van der Waals surface area contributed by atoms with E-state index < -0.39 is 0 Å². The summed E-state index contributed by atoms with van der Waals surface area (Å²) in [4.78, 5) is 6.32. The molecule has 0 aliphatic carbocycles. The average molecular weight is 293 g/mol. The van der Waals surface area contributed by atoms with Gasteiger partial charge in [-0.1, -0.05) is 44.2 Å². The van der Waals surface area contributed by atoms with Gasteiger partial charge in [0.2, 0.25) is 5.89 Å². The summed E-state index contributed by atoms with van der Waals surface area (Å²) in [7, 11) is 0. The third-order valence-corrected chi connectivity index (χ3v) is 4.09. The highest BCUT2D eigenvalue weighted by Crippen LogP contribution is 2.30. The van der Waals surface area contributed by atoms with Crippen molar-refractivity contribution in [2.75, 3.05) is 6.54 Å². The third-order valence-electron chi connectivity index (χ3n) is 4.09. The minimum Gasteiger partial charge on any atom is -0.370 e. The van der Waals surface area contributed by atoms with Gasteiger partial charge in [0.15, 0.2) is 11.8 Å². The van der Waals surface area contributed by atoms with Gasteiger partial charge < -0.3 is 15.2 Å². The number of guanidine groups is 1. The summed E-state index contributed by atoms with van der Waals surface area (Å²) in [5, 5.41) is 11.6. The van der Waals surface area contributed by atoms with Crippen molar-refractivity contribution in [2.45, 2.75) is 70.8 Å². The molecule has 1 unspecified atom stereocenters. The Morgan fingerprint density at radius 2 is 2.10 bits per heavy atom. The Kier molecular flexibility index (Phi) is 6.02. The van der Waals surface area contributed by atoms with Crippen molar-refractivity contribution < 1.29 is 4.52 Å². The molecule has 6 nitrogen and oxygen atoms in total. The lowest BCUT2D eigenvalue weighted by Gasteiger charge is -2.21. The molecular formula is C15H27N5O. The van der Waals surface area contributed by atoms with Crippen LogP contribution in [0.3, 0.4) is 0 Å². The molecule has 3 N–H and O–H groups in total. The Bertz CT molecular complexity index is 445. The van der Waals surface area contributed by atoms with Crippen LogP contribution in [0.4, 0.5) is 0 Å². The SMILES string of the molecule is CCCCCCCCc1noc(C2CCCN2C(=N)N)n1. The van der Waals surface area contributed by atoms with Gasteiger partial charge in [-0.25, -0.2) is 0 Å². The standard InChI is InChI=1S/C15H27N5O/c1-2-3-4-5-6-7-10-13-18-14(21-19-13)12-9-8-11-20(12)15(16)17/h12H,2-11H2,1H3,(H3,16,17). The van der Waals surface area contributed by atoms with Gasteiger partial charge in [-0.3, -0.25) is 5.41 Å². The molecule has 6 heteroatoms. The van der Waals surface area contributed by atoms with Gasteiger partial charge in [0.1, 0.15) is 6.04 Å². The number of likely N-dealkylation sites (tertiary alicyclic amines) is 1. The molecule has 1 aliphatic heterocycles. The summed E-state index contributed by atoms with van der Waals surface area (Å²) in [6.07, 6.45) is 10.4. The summed E-state index contributed by atoms with van der Waals surface area (Å²) in [5.41, 5.74) is 5.59. The van der Waals surface area contributed by atoms with Crippen LogP contribution >= 0.6 is 0 Å². The van der Waals surface area contributed by atoms with E-state index in [-0.39, 0.29) is 12.0 Å². The molecule has 1 aliphatic rings. The quantitative estimate of drug-likeness (QED) is 0.436. The molecule has 0 bridgehead atoms. The van der Waals surface area contributed by atoms with E-state index in [1.165, 1.54) is 32.1 Å². The van der Waals surface area contributed by atoms with E-state index in [1.54, 1.807) is 0 Å². The number of nitrogens with one attached hydrogen (secondary N) is 1. The number of rotatable bonds is 8. The van der Waals surface area contributed by atoms with Gasteiger partial charge in [-0.2, -0.15) is 4.98 Å². The molecule has 1 aromatic heterocycles. The van der Waals surface area contributed by atoms with E-state index in [4.69, 9.17) is 15.7 Å². The first-order valence-electron chi connectivity index (χ1n) is 8.15. The maximum Gasteiger partial charge on any atom is 0.249 e. The molecule has 0 radical (unpaired) electrons. The second kappa shape index (κ2) is 8.00. The van der Waals surface area contributed by atoms with Crippen molar-refractivity contribution >= 4 is 5.96 Å². The largest absolute Gasteiger partial charge is 0.370 e. The molecule has 1 saturated heterocycles. The van der Waals surface area contributed by atoms with E-state index in [1.807, 2.05) is 4.90 Å². The van der Waals surface area contributed by atoms with Crippen molar-refractivity contribution in [1.29, 1.82) is 5.41 Å². The predicted molar refractivity (Wildman–Crippen MR) is 82.0 cm³/mol. The summed E-state index contributed by atoms with van der Waals surface area (Å²) >= 11 is 0. The first-order valence-corrected chi connectivity index (χ1v) is 8.15. The Hall–Kier alpha value is -1.59. The fraction of sp³-hybridized carbons (Fsp3) is 0.800. The van der Waals surface area contributed by atoms with Crippen LogP contribution in [0, 0.1) is 5.41 Å². The lowest BCUT2D eigenvalue weighted by molar-refractivity contribution is 0.282. The lowest BCUT2D eigenvalue weighted by atomic mass is 10.1. The van der Waals surface area contributed by atoms with Crippen LogP contribution in [-0.2, 0) is 6.42 Å². The summed E-state index contributed by atoms with van der Waals surface area (Å²) < 4.78 is 5.37. The maximum absolute atomic E-state index is 7.58. The zero-order valence-electron chi connectivity index (χ0n) is 13.0. The molecule has 1 fully saturated rings. The Morgan fingerprint density at radius 3 is 2.86 bits per heavy atom. The summed E-state index contributed by atoms with van der Waals surface area (Å²) in [6.45, 7) is 3.03. The molecule has 118 valence electrons. The van der Waals surface area contributed by atoms with E-state index in [0.717, 1.165) is 38.1 Å². The van der Waals surface area contributed by atoms with Gasteiger partial charge in [0.05, 0.1) is 0 Å². The van der Waals surface area contributed by atoms with Gasteiger partial charge >= 0.3 is 0 Å². The smallest absolute Gasteiger partial charge is 0.249 e. The second-order valence-corrected chi connectivity index (χ2v) is 5.80. The molecule has 2 rings (SSSR count). The van der Waals surface area contributed by atoms with Crippen LogP contribution in [0.2, 0.25) is 0 Å². The zero-order valence-corrected chi connectivity index (χ0v) is 13.0. The van der Waals surface area contributed by atoms with Gasteiger partial charge in [0.25, 0.3) is 0 Å². The molecular weight excluding hydrogens is 266 g/mol. The van der Waals surface area contributed by atoms with Crippen molar-refractivity contribution in [3.63, 3.8) is 0 Å². The van der Waals surface area contributed by atoms with Gasteiger partial charge in [0, 0.05) is 13.0 Å². The highest BCUT2D eigenvalue weighted by Gasteiger charge is 2.31. The van der Waals surface area contributed by atoms with Crippen LogP contribution in [0.15, 0.2) is 4.52 Å². The number of unbranched alkanes of at least 4 members (excludes halogenated alkanes) is 5. The minimum absolute atomic E-state index is 0.00620. The molecule has 1 atom stereocenters. The monoisotopic (exact) mass is 293 g/mol. The molecule has 0 amide bonds.